The molecule has 7 nitrogen and oxygen atoms in total. The molecule has 3 aromatic rings. The predicted octanol–water partition coefficient (Wildman–Crippen LogP) is 5.48. The SMILES string of the molecule is [B]N1CC(COc2cccc(-c3ccccc3)c2)CC(N(C(=O)c2ccc(OC)c(OCCCOC)c2)C(C)C)C1. The van der Waals surface area contributed by atoms with Crippen molar-refractivity contribution in [1.82, 2.24) is 9.71 Å². The number of methoxy groups -OCH3 is 2. The molecular formula is C33H41BN2O5. The maximum Gasteiger partial charge on any atom is 0.254 e. The Bertz CT molecular complexity index is 1260. The maximum atomic E-state index is 13.9. The molecule has 1 aliphatic rings. The number of rotatable bonds is 13. The van der Waals surface area contributed by atoms with Gasteiger partial charge in [0.25, 0.3) is 5.91 Å². The molecule has 1 fully saturated rings. The molecule has 0 bridgehead atoms. The standard InChI is InChI=1S/C33H41BN2O5/c1-24(2)36(33(37)28-14-15-31(39-4)32(20-28)40-17-9-16-38-3)29-18-25(21-35(34)22-29)23-41-30-13-8-12-27(19-30)26-10-6-5-7-11-26/h5-8,10-15,19-20,24-25,29H,9,16-18,21-23H2,1-4H3. The van der Waals surface area contributed by atoms with Crippen LogP contribution in [-0.4, -0.2) is 82.8 Å². The van der Waals surface area contributed by atoms with Gasteiger partial charge in [0.2, 0.25) is 0 Å². The lowest BCUT2D eigenvalue weighted by molar-refractivity contribution is 0.0421. The van der Waals surface area contributed by atoms with Crippen molar-refractivity contribution in [2.45, 2.75) is 38.8 Å². The molecule has 1 heterocycles. The van der Waals surface area contributed by atoms with Gasteiger partial charge in [-0.15, -0.1) is 0 Å². The van der Waals surface area contributed by atoms with E-state index in [0.29, 0.717) is 50.0 Å². The molecule has 1 aliphatic heterocycles. The average molecular weight is 557 g/mol. The maximum absolute atomic E-state index is 13.9. The first kappa shape index (κ1) is 30.5. The lowest BCUT2D eigenvalue weighted by Crippen LogP contribution is -2.55. The van der Waals surface area contributed by atoms with Crippen LogP contribution in [0.4, 0.5) is 0 Å². The van der Waals surface area contributed by atoms with Crippen LogP contribution in [0.2, 0.25) is 0 Å². The van der Waals surface area contributed by atoms with Crippen LogP contribution >= 0.6 is 0 Å². The molecule has 41 heavy (non-hydrogen) atoms. The van der Waals surface area contributed by atoms with Crippen molar-refractivity contribution < 1.29 is 23.7 Å². The van der Waals surface area contributed by atoms with Gasteiger partial charge in [-0.25, -0.2) is 0 Å². The van der Waals surface area contributed by atoms with E-state index in [-0.39, 0.29) is 23.9 Å². The van der Waals surface area contributed by atoms with Crippen LogP contribution in [0.15, 0.2) is 72.8 Å². The van der Waals surface area contributed by atoms with Crippen LogP contribution in [0.1, 0.15) is 37.0 Å². The average Bonchev–Trinajstić information content (AvgIpc) is 2.98. The van der Waals surface area contributed by atoms with E-state index in [1.54, 1.807) is 32.4 Å². The number of ether oxygens (including phenoxy) is 4. The van der Waals surface area contributed by atoms with Crippen LogP contribution < -0.4 is 14.2 Å². The number of hydrogen-bond donors (Lipinski definition) is 0. The van der Waals surface area contributed by atoms with E-state index < -0.39 is 0 Å². The molecule has 2 unspecified atom stereocenters. The Hall–Kier alpha value is -3.49. The Kier molecular flexibility index (Phi) is 11.1. The van der Waals surface area contributed by atoms with Gasteiger partial charge in [-0.1, -0.05) is 42.5 Å². The summed E-state index contributed by atoms with van der Waals surface area (Å²) in [6.45, 7) is 6.97. The fourth-order valence-corrected chi connectivity index (χ4v) is 5.42. The van der Waals surface area contributed by atoms with Crippen LogP contribution in [0.3, 0.4) is 0 Å². The van der Waals surface area contributed by atoms with Gasteiger partial charge in [0.15, 0.2) is 19.5 Å². The highest BCUT2D eigenvalue weighted by molar-refractivity contribution is 6.04. The van der Waals surface area contributed by atoms with Crippen LogP contribution in [0.25, 0.3) is 11.1 Å². The topological polar surface area (TPSA) is 60.5 Å². The molecule has 1 amide bonds. The van der Waals surface area contributed by atoms with Gasteiger partial charge in [-0.3, -0.25) is 4.79 Å². The first-order valence-corrected chi connectivity index (χ1v) is 14.3. The first-order valence-electron chi connectivity index (χ1n) is 14.3. The summed E-state index contributed by atoms with van der Waals surface area (Å²) in [7, 11) is 9.65. The van der Waals surface area contributed by atoms with Crippen LogP contribution in [-0.2, 0) is 4.74 Å². The smallest absolute Gasteiger partial charge is 0.254 e. The summed E-state index contributed by atoms with van der Waals surface area (Å²) in [5.41, 5.74) is 2.82. The first-order chi connectivity index (χ1) is 19.9. The summed E-state index contributed by atoms with van der Waals surface area (Å²) >= 11 is 0. The largest absolute Gasteiger partial charge is 0.493 e. The lowest BCUT2D eigenvalue weighted by Gasteiger charge is -2.43. The van der Waals surface area contributed by atoms with Gasteiger partial charge in [0.05, 0.1) is 20.3 Å². The highest BCUT2D eigenvalue weighted by atomic mass is 16.5. The van der Waals surface area contributed by atoms with Crippen molar-refractivity contribution in [2.24, 2.45) is 5.92 Å². The second-order valence-corrected chi connectivity index (χ2v) is 10.8. The van der Waals surface area contributed by atoms with Gasteiger partial charge in [-0.05, 0) is 68.3 Å². The molecule has 2 radical (unpaired) electrons. The van der Waals surface area contributed by atoms with Crippen molar-refractivity contribution in [3.8, 4) is 28.4 Å². The Labute approximate surface area is 245 Å². The summed E-state index contributed by atoms with van der Waals surface area (Å²) in [6, 6.07) is 23.7. The lowest BCUT2D eigenvalue weighted by atomic mass is 9.90. The molecule has 216 valence electrons. The fourth-order valence-electron chi connectivity index (χ4n) is 5.42. The molecule has 0 N–H and O–H groups in total. The Morgan fingerprint density at radius 1 is 0.927 bits per heavy atom. The zero-order valence-electron chi connectivity index (χ0n) is 24.6. The normalized spacial score (nSPS) is 17.3. The highest BCUT2D eigenvalue weighted by Crippen LogP contribution is 2.31. The van der Waals surface area contributed by atoms with Crippen molar-refractivity contribution >= 4 is 13.9 Å². The monoisotopic (exact) mass is 556 g/mol. The van der Waals surface area contributed by atoms with E-state index >= 15 is 0 Å². The van der Waals surface area contributed by atoms with E-state index in [0.717, 1.165) is 29.7 Å². The molecule has 0 aromatic heterocycles. The number of benzene rings is 3. The fraction of sp³-hybridized carbons (Fsp3) is 0.424. The minimum absolute atomic E-state index is 0.0173. The summed E-state index contributed by atoms with van der Waals surface area (Å²) in [5, 5.41) is 0. The second-order valence-electron chi connectivity index (χ2n) is 10.8. The molecule has 4 rings (SSSR count). The molecule has 3 aromatic carbocycles. The third-order valence-corrected chi connectivity index (χ3v) is 7.32. The van der Waals surface area contributed by atoms with E-state index in [9.17, 15) is 4.79 Å². The van der Waals surface area contributed by atoms with Crippen LogP contribution in [0, 0.1) is 5.92 Å². The molecule has 0 saturated carbocycles. The highest BCUT2D eigenvalue weighted by Gasteiger charge is 2.34. The number of hydrogen-bond acceptors (Lipinski definition) is 6. The number of piperidine rings is 1. The van der Waals surface area contributed by atoms with Crippen molar-refractivity contribution in [3.05, 3.63) is 78.4 Å². The van der Waals surface area contributed by atoms with Gasteiger partial charge in [0.1, 0.15) is 5.75 Å². The van der Waals surface area contributed by atoms with E-state index in [4.69, 9.17) is 26.9 Å². The van der Waals surface area contributed by atoms with Gasteiger partial charge in [0, 0.05) is 50.2 Å². The number of carbonyl (C=O) groups excluding carboxylic acids is 1. The Morgan fingerprint density at radius 3 is 2.44 bits per heavy atom. The Morgan fingerprint density at radius 2 is 1.71 bits per heavy atom. The minimum Gasteiger partial charge on any atom is -0.493 e. The molecule has 0 spiro atoms. The quantitative estimate of drug-likeness (QED) is 0.205. The predicted molar refractivity (Wildman–Crippen MR) is 163 cm³/mol. The molecule has 0 aliphatic carbocycles. The third-order valence-electron chi connectivity index (χ3n) is 7.32. The minimum atomic E-state index is -0.0568. The van der Waals surface area contributed by atoms with Crippen molar-refractivity contribution in [1.29, 1.82) is 0 Å². The Balaban J connectivity index is 1.45. The number of nitrogens with zero attached hydrogens (tertiary/aromatic N) is 2. The summed E-state index contributed by atoms with van der Waals surface area (Å²) in [4.78, 5) is 17.6. The molecule has 8 heteroatoms. The number of carbonyl (C=O) groups is 1. The van der Waals surface area contributed by atoms with Crippen molar-refractivity contribution in [2.75, 3.05) is 47.1 Å². The summed E-state index contributed by atoms with van der Waals surface area (Å²) in [5.74, 6) is 2.08. The van der Waals surface area contributed by atoms with E-state index in [2.05, 4.69) is 24.3 Å². The van der Waals surface area contributed by atoms with Crippen molar-refractivity contribution in [3.63, 3.8) is 0 Å². The zero-order valence-corrected chi connectivity index (χ0v) is 24.6. The second kappa shape index (κ2) is 14.9. The summed E-state index contributed by atoms with van der Waals surface area (Å²) in [6.07, 6.45) is 1.54. The molecule has 1 saturated heterocycles. The molecule has 2 atom stereocenters. The van der Waals surface area contributed by atoms with Gasteiger partial charge < -0.3 is 28.7 Å². The number of amides is 1. The van der Waals surface area contributed by atoms with E-state index in [1.807, 2.05) is 53.9 Å². The zero-order chi connectivity index (χ0) is 29.2. The van der Waals surface area contributed by atoms with Gasteiger partial charge >= 0.3 is 0 Å². The van der Waals surface area contributed by atoms with Crippen LogP contribution in [0.5, 0.6) is 17.2 Å². The summed E-state index contributed by atoms with van der Waals surface area (Å²) < 4.78 is 22.8. The third kappa shape index (κ3) is 8.27. The van der Waals surface area contributed by atoms with Gasteiger partial charge in [-0.2, -0.15) is 0 Å². The molecular weight excluding hydrogens is 515 g/mol. The van der Waals surface area contributed by atoms with E-state index in [1.165, 1.54) is 0 Å².